The van der Waals surface area contributed by atoms with Crippen LogP contribution in [0.2, 0.25) is 0 Å². The molecule has 11 heavy (non-hydrogen) atoms. The van der Waals surface area contributed by atoms with E-state index in [1.54, 1.807) is 4.90 Å². The van der Waals surface area contributed by atoms with E-state index in [9.17, 15) is 9.90 Å². The zero-order valence-electron chi connectivity index (χ0n) is 6.46. The first-order valence-corrected chi connectivity index (χ1v) is 4.60. The highest BCUT2D eigenvalue weighted by molar-refractivity contribution is 9.09. The van der Waals surface area contributed by atoms with Crippen molar-refractivity contribution in [3.63, 3.8) is 0 Å². The average Bonchev–Trinajstić information content (AvgIpc) is 1.94. The molecule has 0 aromatic rings. The number of aliphatic hydroxyl groups is 1. The maximum atomic E-state index is 10.9. The number of β-amino-alcohol motifs (C(OH)–C–C–N with tert-alkyl or cyclic N) is 1. The summed E-state index contributed by atoms with van der Waals surface area (Å²) in [6, 6.07) is 0. The monoisotopic (exact) mass is 221 g/mol. The van der Waals surface area contributed by atoms with Gasteiger partial charge in [0.2, 0.25) is 5.91 Å². The smallest absolute Gasteiger partial charge is 0.219 e. The third-order valence-corrected chi connectivity index (χ3v) is 3.01. The van der Waals surface area contributed by atoms with Gasteiger partial charge in [0.15, 0.2) is 0 Å². The normalized spacial score (nSPS) is 32.1. The quantitative estimate of drug-likeness (QED) is 0.601. The molecular formula is C7H12BrNO2. The van der Waals surface area contributed by atoms with E-state index in [0.717, 1.165) is 13.0 Å². The van der Waals surface area contributed by atoms with Crippen LogP contribution in [0.5, 0.6) is 0 Å². The van der Waals surface area contributed by atoms with Crippen LogP contribution in [0.3, 0.4) is 0 Å². The number of likely N-dealkylation sites (tertiary alicyclic amines) is 1. The van der Waals surface area contributed by atoms with Crippen LogP contribution in [0, 0.1) is 0 Å². The molecule has 4 heteroatoms. The van der Waals surface area contributed by atoms with Gasteiger partial charge in [-0.15, -0.1) is 0 Å². The molecule has 1 saturated heterocycles. The molecule has 0 saturated carbocycles. The van der Waals surface area contributed by atoms with Crippen LogP contribution >= 0.6 is 15.9 Å². The van der Waals surface area contributed by atoms with Gasteiger partial charge in [0, 0.05) is 24.8 Å². The predicted molar refractivity (Wildman–Crippen MR) is 45.6 cm³/mol. The van der Waals surface area contributed by atoms with Crippen LogP contribution in [0.25, 0.3) is 0 Å². The number of rotatable bonds is 0. The van der Waals surface area contributed by atoms with Crippen LogP contribution in [0.4, 0.5) is 0 Å². The van der Waals surface area contributed by atoms with Crippen molar-refractivity contribution in [2.75, 3.05) is 13.1 Å². The van der Waals surface area contributed by atoms with E-state index in [1.807, 2.05) is 0 Å². The third kappa shape index (κ3) is 2.17. The fourth-order valence-electron chi connectivity index (χ4n) is 1.19. The standard InChI is InChI=1S/C7H12BrNO2/c1-5(10)9-3-2-6(8)7(11)4-9/h6-7,11H,2-4H2,1H3. The van der Waals surface area contributed by atoms with Gasteiger partial charge in [-0.05, 0) is 6.42 Å². The molecule has 1 fully saturated rings. The lowest BCUT2D eigenvalue weighted by molar-refractivity contribution is -0.131. The summed E-state index contributed by atoms with van der Waals surface area (Å²) in [5, 5.41) is 9.36. The number of nitrogens with zero attached hydrogens (tertiary/aromatic N) is 1. The van der Waals surface area contributed by atoms with Gasteiger partial charge in [-0.2, -0.15) is 0 Å². The van der Waals surface area contributed by atoms with Crippen LogP contribution in [-0.2, 0) is 4.79 Å². The molecule has 1 aliphatic heterocycles. The first-order chi connectivity index (χ1) is 5.11. The summed E-state index contributed by atoms with van der Waals surface area (Å²) in [6.07, 6.45) is 0.424. The number of halogens is 1. The Morgan fingerprint density at radius 3 is 2.82 bits per heavy atom. The van der Waals surface area contributed by atoms with Gasteiger partial charge in [-0.25, -0.2) is 0 Å². The van der Waals surface area contributed by atoms with Crippen molar-refractivity contribution in [1.82, 2.24) is 4.90 Å². The van der Waals surface area contributed by atoms with E-state index in [2.05, 4.69) is 15.9 Å². The predicted octanol–water partition coefficient (Wildman–Crippen LogP) is 0.363. The molecule has 1 rings (SSSR count). The van der Waals surface area contributed by atoms with Crippen LogP contribution in [-0.4, -0.2) is 39.9 Å². The van der Waals surface area contributed by atoms with Crippen molar-refractivity contribution < 1.29 is 9.90 Å². The Balaban J connectivity index is 2.46. The Morgan fingerprint density at radius 2 is 2.36 bits per heavy atom. The maximum absolute atomic E-state index is 10.9. The minimum Gasteiger partial charge on any atom is -0.390 e. The van der Waals surface area contributed by atoms with Gasteiger partial charge >= 0.3 is 0 Å². The number of hydrogen-bond donors (Lipinski definition) is 1. The van der Waals surface area contributed by atoms with Crippen molar-refractivity contribution in [1.29, 1.82) is 0 Å². The summed E-state index contributed by atoms with van der Waals surface area (Å²) in [4.78, 5) is 12.7. The molecule has 0 aliphatic carbocycles. The topological polar surface area (TPSA) is 40.5 Å². The second-order valence-corrected chi connectivity index (χ2v) is 4.01. The summed E-state index contributed by atoms with van der Waals surface area (Å²) >= 11 is 3.34. The van der Waals surface area contributed by atoms with Gasteiger partial charge in [-0.1, -0.05) is 15.9 Å². The molecular weight excluding hydrogens is 210 g/mol. The van der Waals surface area contributed by atoms with Crippen molar-refractivity contribution in [2.45, 2.75) is 24.3 Å². The first kappa shape index (κ1) is 9.00. The highest BCUT2D eigenvalue weighted by Gasteiger charge is 2.26. The molecule has 1 heterocycles. The summed E-state index contributed by atoms with van der Waals surface area (Å²) in [7, 11) is 0. The van der Waals surface area contributed by atoms with Crippen LogP contribution in [0.15, 0.2) is 0 Å². The molecule has 0 aromatic heterocycles. The summed E-state index contributed by atoms with van der Waals surface area (Å²) in [6.45, 7) is 2.74. The number of carbonyl (C=O) groups excluding carboxylic acids is 1. The van der Waals surface area contributed by atoms with Crippen LogP contribution < -0.4 is 0 Å². The highest BCUT2D eigenvalue weighted by Crippen LogP contribution is 2.17. The number of alkyl halides is 1. The second-order valence-electron chi connectivity index (χ2n) is 2.84. The Morgan fingerprint density at radius 1 is 1.73 bits per heavy atom. The van der Waals surface area contributed by atoms with Gasteiger partial charge in [0.25, 0.3) is 0 Å². The van der Waals surface area contributed by atoms with Crippen molar-refractivity contribution in [2.24, 2.45) is 0 Å². The Kier molecular flexibility index (Phi) is 2.90. The highest BCUT2D eigenvalue weighted by atomic mass is 79.9. The zero-order valence-corrected chi connectivity index (χ0v) is 8.04. The van der Waals surface area contributed by atoms with E-state index in [-0.39, 0.29) is 10.7 Å². The number of aliphatic hydroxyl groups excluding tert-OH is 1. The minimum absolute atomic E-state index is 0.0449. The first-order valence-electron chi connectivity index (χ1n) is 3.69. The van der Waals surface area contributed by atoms with Crippen LogP contribution in [0.1, 0.15) is 13.3 Å². The number of carbonyl (C=O) groups is 1. The fourth-order valence-corrected chi connectivity index (χ4v) is 1.56. The zero-order chi connectivity index (χ0) is 8.43. The molecule has 2 unspecified atom stereocenters. The number of hydrogen-bond acceptors (Lipinski definition) is 2. The molecule has 0 radical (unpaired) electrons. The fraction of sp³-hybridized carbons (Fsp3) is 0.857. The second kappa shape index (κ2) is 3.54. The van der Waals surface area contributed by atoms with Gasteiger partial charge in [0.1, 0.15) is 0 Å². The summed E-state index contributed by atoms with van der Waals surface area (Å²) < 4.78 is 0. The number of amides is 1. The lowest BCUT2D eigenvalue weighted by Gasteiger charge is -2.32. The minimum atomic E-state index is -0.410. The summed E-state index contributed by atoms with van der Waals surface area (Å²) in [5.74, 6) is 0.0449. The van der Waals surface area contributed by atoms with E-state index >= 15 is 0 Å². The summed E-state index contributed by atoms with van der Waals surface area (Å²) in [5.41, 5.74) is 0. The van der Waals surface area contributed by atoms with Crippen molar-refractivity contribution >= 4 is 21.8 Å². The molecule has 0 spiro atoms. The SMILES string of the molecule is CC(=O)N1CCC(Br)C(O)C1. The van der Waals surface area contributed by atoms with E-state index in [0.29, 0.717) is 6.54 Å². The average molecular weight is 222 g/mol. The molecule has 0 bridgehead atoms. The Bertz CT molecular complexity index is 163. The largest absolute Gasteiger partial charge is 0.390 e. The van der Waals surface area contributed by atoms with Gasteiger partial charge < -0.3 is 10.0 Å². The van der Waals surface area contributed by atoms with E-state index in [4.69, 9.17) is 0 Å². The molecule has 64 valence electrons. The molecule has 2 atom stereocenters. The van der Waals surface area contributed by atoms with Crippen molar-refractivity contribution in [3.05, 3.63) is 0 Å². The van der Waals surface area contributed by atoms with E-state index in [1.165, 1.54) is 6.92 Å². The third-order valence-electron chi connectivity index (χ3n) is 1.95. The Hall–Kier alpha value is -0.0900. The molecule has 1 aliphatic rings. The van der Waals surface area contributed by atoms with Crippen molar-refractivity contribution in [3.8, 4) is 0 Å². The van der Waals surface area contributed by atoms with Gasteiger partial charge in [-0.3, -0.25) is 4.79 Å². The maximum Gasteiger partial charge on any atom is 0.219 e. The van der Waals surface area contributed by atoms with E-state index < -0.39 is 6.10 Å². The lowest BCUT2D eigenvalue weighted by atomic mass is 10.1. The molecule has 1 N–H and O–H groups in total. The van der Waals surface area contributed by atoms with Gasteiger partial charge in [0.05, 0.1) is 6.10 Å². The molecule has 3 nitrogen and oxygen atoms in total. The molecule has 1 amide bonds. The number of piperidine rings is 1. The molecule has 0 aromatic carbocycles. The lowest BCUT2D eigenvalue weighted by Crippen LogP contribution is -2.46. The Labute approximate surface area is 74.5 Å².